The highest BCUT2D eigenvalue weighted by atomic mass is 35.5. The number of sulfone groups is 1. The van der Waals surface area contributed by atoms with Gasteiger partial charge in [-0.25, -0.2) is 8.42 Å². The van der Waals surface area contributed by atoms with Gasteiger partial charge in [0, 0.05) is 5.69 Å². The second kappa shape index (κ2) is 7.56. The molecule has 0 unspecified atom stereocenters. The number of anilines is 1. The fraction of sp³-hybridized carbons (Fsp3) is 0.278. The Bertz CT molecular complexity index is 850. The normalized spacial score (nSPS) is 15.1. The van der Waals surface area contributed by atoms with Gasteiger partial charge in [-0.15, -0.1) is 12.4 Å². The molecule has 7 heteroatoms. The topological polar surface area (TPSA) is 89.3 Å². The average molecular weight is 381 g/mol. The maximum Gasteiger partial charge on any atom is 0.244 e. The first-order valence-corrected chi connectivity index (χ1v) is 9.62. The summed E-state index contributed by atoms with van der Waals surface area (Å²) in [6.07, 6.45) is 1.37. The van der Waals surface area contributed by atoms with Gasteiger partial charge in [-0.05, 0) is 36.1 Å². The van der Waals surface area contributed by atoms with Crippen molar-refractivity contribution in [1.29, 1.82) is 0 Å². The van der Waals surface area contributed by atoms with Crippen molar-refractivity contribution >= 4 is 33.8 Å². The summed E-state index contributed by atoms with van der Waals surface area (Å²) in [5, 5.41) is 2.76. The highest BCUT2D eigenvalue weighted by Gasteiger charge is 2.45. The number of rotatable bonds is 6. The van der Waals surface area contributed by atoms with E-state index >= 15 is 0 Å². The number of amides is 1. The molecule has 2 aromatic rings. The number of carbonyl (C=O) groups excluding carboxylic acids is 1. The minimum atomic E-state index is -3.29. The molecule has 134 valence electrons. The Kier molecular flexibility index (Phi) is 5.87. The van der Waals surface area contributed by atoms with Gasteiger partial charge in [0.25, 0.3) is 0 Å². The zero-order chi connectivity index (χ0) is 17.2. The van der Waals surface area contributed by atoms with Gasteiger partial charge in [0.2, 0.25) is 5.91 Å². The van der Waals surface area contributed by atoms with Gasteiger partial charge in [-0.2, -0.15) is 0 Å². The summed E-state index contributed by atoms with van der Waals surface area (Å²) >= 11 is 0. The Labute approximate surface area is 154 Å². The van der Waals surface area contributed by atoms with E-state index < -0.39 is 15.4 Å². The molecular weight excluding hydrogens is 360 g/mol. The fourth-order valence-electron chi connectivity index (χ4n) is 2.49. The van der Waals surface area contributed by atoms with Crippen molar-refractivity contribution in [3.63, 3.8) is 0 Å². The van der Waals surface area contributed by atoms with Crippen LogP contribution in [-0.2, 0) is 26.1 Å². The van der Waals surface area contributed by atoms with Crippen LogP contribution < -0.4 is 11.1 Å². The largest absolute Gasteiger partial charge is 0.324 e. The molecule has 0 atom stereocenters. The summed E-state index contributed by atoms with van der Waals surface area (Å²) in [5.41, 5.74) is 7.08. The monoisotopic (exact) mass is 380 g/mol. The lowest BCUT2D eigenvalue weighted by molar-refractivity contribution is -0.118. The van der Waals surface area contributed by atoms with E-state index in [4.69, 9.17) is 5.73 Å². The number of hydrogen-bond donors (Lipinski definition) is 2. The second-order valence-corrected chi connectivity index (χ2v) is 8.39. The second-order valence-electron chi connectivity index (χ2n) is 6.33. The molecule has 2 aromatic carbocycles. The molecule has 0 aromatic heterocycles. The Balaban J connectivity index is 0.00000225. The molecule has 0 saturated heterocycles. The molecule has 1 saturated carbocycles. The minimum Gasteiger partial charge on any atom is -0.324 e. The Hall–Kier alpha value is -1.89. The first-order valence-electron chi connectivity index (χ1n) is 7.80. The molecule has 3 rings (SSSR count). The summed E-state index contributed by atoms with van der Waals surface area (Å²) in [4.78, 5) is 12.0. The third-order valence-corrected chi connectivity index (χ3v) is 5.59. The van der Waals surface area contributed by atoms with Gasteiger partial charge in [0.15, 0.2) is 9.84 Å². The fourth-order valence-corrected chi connectivity index (χ4v) is 3.98. The molecule has 0 radical (unpaired) electrons. The van der Waals surface area contributed by atoms with Crippen LogP contribution in [0.1, 0.15) is 24.0 Å². The highest BCUT2D eigenvalue weighted by molar-refractivity contribution is 7.89. The summed E-state index contributed by atoms with van der Waals surface area (Å²) in [5.74, 6) is -0.290. The molecule has 3 N–H and O–H groups in total. The molecule has 5 nitrogen and oxygen atoms in total. The molecule has 1 aliphatic carbocycles. The van der Waals surface area contributed by atoms with Crippen LogP contribution in [0.4, 0.5) is 5.69 Å². The zero-order valence-electron chi connectivity index (χ0n) is 13.6. The maximum absolute atomic E-state index is 12.4. The SMILES string of the molecule is Cl.NC1(C(=O)Nc2cccc(CS(=O)(=O)Cc3ccccc3)c2)CC1. The van der Waals surface area contributed by atoms with Gasteiger partial charge in [-0.3, -0.25) is 4.79 Å². The van der Waals surface area contributed by atoms with E-state index in [9.17, 15) is 13.2 Å². The molecule has 1 aliphatic rings. The van der Waals surface area contributed by atoms with Crippen LogP contribution in [0, 0.1) is 0 Å². The van der Waals surface area contributed by atoms with Crippen molar-refractivity contribution in [3.8, 4) is 0 Å². The lowest BCUT2D eigenvalue weighted by Crippen LogP contribution is -2.37. The van der Waals surface area contributed by atoms with Gasteiger partial charge < -0.3 is 11.1 Å². The lowest BCUT2D eigenvalue weighted by atomic mass is 10.2. The Morgan fingerprint density at radius 3 is 2.24 bits per heavy atom. The van der Waals surface area contributed by atoms with E-state index in [0.29, 0.717) is 24.1 Å². The lowest BCUT2D eigenvalue weighted by Gasteiger charge is -2.11. The van der Waals surface area contributed by atoms with E-state index in [2.05, 4.69) is 5.32 Å². The first-order chi connectivity index (χ1) is 11.4. The van der Waals surface area contributed by atoms with Crippen molar-refractivity contribution in [1.82, 2.24) is 0 Å². The summed E-state index contributed by atoms with van der Waals surface area (Å²) in [6.45, 7) is 0. The van der Waals surface area contributed by atoms with Crippen LogP contribution in [-0.4, -0.2) is 19.9 Å². The number of benzene rings is 2. The molecule has 1 amide bonds. The molecular formula is C18H21ClN2O3S. The molecule has 0 bridgehead atoms. The van der Waals surface area contributed by atoms with Crippen LogP contribution in [0.15, 0.2) is 54.6 Å². The van der Waals surface area contributed by atoms with Crippen LogP contribution >= 0.6 is 12.4 Å². The molecule has 0 heterocycles. The smallest absolute Gasteiger partial charge is 0.244 e. The minimum absolute atomic E-state index is 0. The van der Waals surface area contributed by atoms with Gasteiger partial charge in [0.05, 0.1) is 17.0 Å². The molecule has 0 spiro atoms. The van der Waals surface area contributed by atoms with Crippen molar-refractivity contribution in [3.05, 3.63) is 65.7 Å². The Morgan fingerprint density at radius 1 is 1.00 bits per heavy atom. The predicted octanol–water partition coefficient (Wildman–Crippen LogP) is 2.65. The zero-order valence-corrected chi connectivity index (χ0v) is 15.3. The third-order valence-electron chi connectivity index (χ3n) is 4.04. The van der Waals surface area contributed by atoms with Crippen LogP contribution in [0.25, 0.3) is 0 Å². The Morgan fingerprint density at radius 2 is 1.60 bits per heavy atom. The van der Waals surface area contributed by atoms with E-state index in [0.717, 1.165) is 5.56 Å². The average Bonchev–Trinajstić information content (AvgIpc) is 3.27. The number of halogens is 1. The van der Waals surface area contributed by atoms with E-state index in [1.807, 2.05) is 18.2 Å². The van der Waals surface area contributed by atoms with E-state index in [1.54, 1.807) is 36.4 Å². The third kappa shape index (κ3) is 5.29. The summed E-state index contributed by atoms with van der Waals surface area (Å²) in [7, 11) is -3.29. The maximum atomic E-state index is 12.4. The first kappa shape index (κ1) is 19.4. The summed E-state index contributed by atoms with van der Waals surface area (Å²) < 4.78 is 24.7. The number of carbonyl (C=O) groups is 1. The van der Waals surface area contributed by atoms with Crippen molar-refractivity contribution < 1.29 is 13.2 Å². The van der Waals surface area contributed by atoms with E-state index in [1.165, 1.54) is 0 Å². The predicted molar refractivity (Wildman–Crippen MR) is 101 cm³/mol. The number of nitrogens with two attached hydrogens (primary N) is 1. The number of hydrogen-bond acceptors (Lipinski definition) is 4. The van der Waals surface area contributed by atoms with Crippen molar-refractivity contribution in [2.45, 2.75) is 29.9 Å². The van der Waals surface area contributed by atoms with Crippen LogP contribution in [0.2, 0.25) is 0 Å². The van der Waals surface area contributed by atoms with Crippen molar-refractivity contribution in [2.24, 2.45) is 5.73 Å². The van der Waals surface area contributed by atoms with E-state index in [-0.39, 0.29) is 29.8 Å². The number of nitrogens with one attached hydrogen (secondary N) is 1. The molecule has 1 fully saturated rings. The van der Waals surface area contributed by atoms with Crippen LogP contribution in [0.3, 0.4) is 0 Å². The van der Waals surface area contributed by atoms with Gasteiger partial charge >= 0.3 is 0 Å². The summed E-state index contributed by atoms with van der Waals surface area (Å²) in [6, 6.07) is 16.0. The standard InChI is InChI=1S/C18H20N2O3S.ClH/c19-18(9-10-18)17(21)20-16-8-4-7-15(11-16)13-24(22,23)12-14-5-2-1-3-6-14;/h1-8,11H,9-10,12-13,19H2,(H,20,21);1H. The van der Waals surface area contributed by atoms with Gasteiger partial charge in [-0.1, -0.05) is 42.5 Å². The molecule has 0 aliphatic heterocycles. The quantitative estimate of drug-likeness (QED) is 0.806. The van der Waals surface area contributed by atoms with Gasteiger partial charge in [0.1, 0.15) is 0 Å². The molecule has 25 heavy (non-hydrogen) atoms. The highest BCUT2D eigenvalue weighted by Crippen LogP contribution is 2.33. The van der Waals surface area contributed by atoms with Crippen molar-refractivity contribution in [2.75, 3.05) is 5.32 Å². The van der Waals surface area contributed by atoms with Crippen LogP contribution in [0.5, 0.6) is 0 Å².